The van der Waals surface area contributed by atoms with E-state index in [-0.39, 0.29) is 24.3 Å². The van der Waals surface area contributed by atoms with E-state index in [0.29, 0.717) is 28.8 Å². The maximum atomic E-state index is 12.3. The van der Waals surface area contributed by atoms with Crippen molar-refractivity contribution in [1.82, 2.24) is 20.3 Å². The lowest BCUT2D eigenvalue weighted by atomic mass is 10.1. The number of carbonyl (C=O) groups excluding carboxylic acids is 1. The van der Waals surface area contributed by atoms with Crippen LogP contribution in [0.1, 0.15) is 33.8 Å². The van der Waals surface area contributed by atoms with Crippen LogP contribution in [-0.2, 0) is 22.4 Å². The highest BCUT2D eigenvalue weighted by Gasteiger charge is 2.22. The number of hydrogen-bond donors (Lipinski definition) is 6. The number of hydrogen-bond acceptors (Lipinski definition) is 7. The Morgan fingerprint density at radius 2 is 1.97 bits per heavy atom. The molecule has 0 radical (unpaired) electrons. The number of carboxylic acid groups (broad SMARTS) is 2. The summed E-state index contributed by atoms with van der Waals surface area (Å²) < 4.78 is 0. The number of aryl methyl sites for hydroxylation is 2. The number of aromatic amines is 2. The monoisotopic (exact) mass is 433 g/mol. The fraction of sp³-hybridized carbons (Fsp3) is 0.278. The van der Waals surface area contributed by atoms with Crippen LogP contribution in [-0.4, -0.2) is 49.1 Å². The summed E-state index contributed by atoms with van der Waals surface area (Å²) in [6.07, 6.45) is 0.572. The van der Waals surface area contributed by atoms with Crippen LogP contribution < -0.4 is 16.6 Å². The lowest BCUT2D eigenvalue weighted by Gasteiger charge is -2.12. The number of thiophene rings is 1. The number of amides is 1. The highest BCUT2D eigenvalue weighted by molar-refractivity contribution is 7.12. The molecular formula is C18H19N5O6S. The summed E-state index contributed by atoms with van der Waals surface area (Å²) in [6.45, 7) is 0. The number of aromatic nitrogens is 3. The molecule has 11 nitrogen and oxygen atoms in total. The molecule has 30 heavy (non-hydrogen) atoms. The minimum atomic E-state index is -1.29. The van der Waals surface area contributed by atoms with Crippen molar-refractivity contribution in [1.29, 1.82) is 0 Å². The number of carboxylic acids is 2. The molecule has 0 aliphatic carbocycles. The van der Waals surface area contributed by atoms with Crippen LogP contribution in [0.25, 0.3) is 11.0 Å². The summed E-state index contributed by atoms with van der Waals surface area (Å²) in [7, 11) is 0. The minimum Gasteiger partial charge on any atom is -0.481 e. The van der Waals surface area contributed by atoms with Gasteiger partial charge in [-0.2, -0.15) is 4.98 Å². The summed E-state index contributed by atoms with van der Waals surface area (Å²) >= 11 is 1.16. The Bertz CT molecular complexity index is 1160. The van der Waals surface area contributed by atoms with Crippen molar-refractivity contribution in [3.63, 3.8) is 0 Å². The summed E-state index contributed by atoms with van der Waals surface area (Å²) in [6, 6.07) is 2.07. The van der Waals surface area contributed by atoms with Crippen LogP contribution in [0.4, 0.5) is 5.95 Å². The van der Waals surface area contributed by atoms with Crippen molar-refractivity contribution in [2.75, 3.05) is 5.73 Å². The molecule has 3 aromatic heterocycles. The standard InChI is InChI=1S/C18H19N5O6S/c19-18-22-14-10(15(26)23-18)6-9(20-14)2-1-8-5-12(30-7-8)16(27)21-11(17(28)29)3-4-13(24)25/h5-7,11H,1-4H2,(H,21,27)(H,24,25)(H,28,29)(H4,19,20,22,23,26)/t11-/m0/s1. The molecule has 0 aliphatic heterocycles. The zero-order valence-corrected chi connectivity index (χ0v) is 16.4. The number of fused-ring (bicyclic) bond motifs is 1. The van der Waals surface area contributed by atoms with Gasteiger partial charge < -0.3 is 26.2 Å². The second-order valence-corrected chi connectivity index (χ2v) is 7.54. The first-order valence-corrected chi connectivity index (χ1v) is 9.81. The molecule has 0 aliphatic rings. The van der Waals surface area contributed by atoms with E-state index in [4.69, 9.17) is 15.9 Å². The van der Waals surface area contributed by atoms with Crippen LogP contribution in [0.2, 0.25) is 0 Å². The normalized spacial score (nSPS) is 12.0. The number of nitrogens with two attached hydrogens (primary N) is 1. The van der Waals surface area contributed by atoms with E-state index in [1.54, 1.807) is 17.5 Å². The van der Waals surface area contributed by atoms with E-state index >= 15 is 0 Å². The molecule has 0 aromatic carbocycles. The molecule has 0 fully saturated rings. The summed E-state index contributed by atoms with van der Waals surface area (Å²) in [5.74, 6) is -2.96. The number of nitrogens with zero attached hydrogens (tertiary/aromatic N) is 1. The van der Waals surface area contributed by atoms with E-state index in [0.717, 1.165) is 22.6 Å². The zero-order valence-electron chi connectivity index (χ0n) is 15.6. The van der Waals surface area contributed by atoms with Crippen molar-refractivity contribution >= 4 is 46.2 Å². The first-order chi connectivity index (χ1) is 14.2. The Hall–Kier alpha value is -3.67. The van der Waals surface area contributed by atoms with Crippen molar-refractivity contribution in [3.05, 3.63) is 44.0 Å². The predicted octanol–water partition coefficient (Wildman–Crippen LogP) is 0.728. The number of anilines is 1. The van der Waals surface area contributed by atoms with Crippen molar-refractivity contribution < 1.29 is 24.6 Å². The molecule has 7 N–H and O–H groups in total. The lowest BCUT2D eigenvalue weighted by Crippen LogP contribution is -2.40. The Kier molecular flexibility index (Phi) is 6.16. The topological polar surface area (TPSA) is 191 Å². The molecule has 3 rings (SSSR count). The van der Waals surface area contributed by atoms with Crippen LogP contribution in [0.5, 0.6) is 0 Å². The van der Waals surface area contributed by atoms with Crippen LogP contribution in [0.15, 0.2) is 22.3 Å². The van der Waals surface area contributed by atoms with Crippen LogP contribution in [0.3, 0.4) is 0 Å². The smallest absolute Gasteiger partial charge is 0.326 e. The average molecular weight is 433 g/mol. The predicted molar refractivity (Wildman–Crippen MR) is 109 cm³/mol. The van der Waals surface area contributed by atoms with E-state index in [2.05, 4.69) is 20.3 Å². The molecule has 3 aromatic rings. The molecule has 3 heterocycles. The number of aliphatic carboxylic acids is 2. The maximum Gasteiger partial charge on any atom is 0.326 e. The number of H-pyrrole nitrogens is 2. The molecule has 1 atom stereocenters. The van der Waals surface area contributed by atoms with Gasteiger partial charge in [0.2, 0.25) is 5.95 Å². The second-order valence-electron chi connectivity index (χ2n) is 6.62. The summed E-state index contributed by atoms with van der Waals surface area (Å²) in [5.41, 5.74) is 7.25. The third kappa shape index (κ3) is 5.03. The highest BCUT2D eigenvalue weighted by atomic mass is 32.1. The second kappa shape index (κ2) is 8.78. The number of rotatable bonds is 9. The molecule has 0 unspecified atom stereocenters. The van der Waals surface area contributed by atoms with Gasteiger partial charge in [-0.15, -0.1) is 11.3 Å². The van der Waals surface area contributed by atoms with Gasteiger partial charge in [0.15, 0.2) is 0 Å². The highest BCUT2D eigenvalue weighted by Crippen LogP contribution is 2.18. The lowest BCUT2D eigenvalue weighted by molar-refractivity contribution is -0.140. The van der Waals surface area contributed by atoms with Gasteiger partial charge in [-0.3, -0.25) is 19.4 Å². The Labute approximate surface area is 173 Å². The number of carbonyl (C=O) groups is 3. The van der Waals surface area contributed by atoms with Crippen LogP contribution in [0, 0.1) is 0 Å². The van der Waals surface area contributed by atoms with Crippen molar-refractivity contribution in [3.8, 4) is 0 Å². The molecule has 0 saturated heterocycles. The summed E-state index contributed by atoms with van der Waals surface area (Å²) in [5, 5.41) is 22.4. The molecular weight excluding hydrogens is 414 g/mol. The fourth-order valence-corrected chi connectivity index (χ4v) is 3.74. The quantitative estimate of drug-likeness (QED) is 0.284. The van der Waals surface area contributed by atoms with E-state index in [1.165, 1.54) is 0 Å². The largest absolute Gasteiger partial charge is 0.481 e. The molecule has 1 amide bonds. The van der Waals surface area contributed by atoms with Crippen LogP contribution >= 0.6 is 11.3 Å². The van der Waals surface area contributed by atoms with Gasteiger partial charge in [-0.25, -0.2) is 4.79 Å². The molecule has 0 saturated carbocycles. The van der Waals surface area contributed by atoms with Gasteiger partial charge in [0.1, 0.15) is 11.7 Å². The SMILES string of the molecule is Nc1nc2[nH]c(CCc3csc(C(=O)N[C@@H](CCC(=O)O)C(=O)O)c3)cc2c(=O)[nH]1. The first kappa shape index (κ1) is 21.0. The zero-order chi connectivity index (χ0) is 21.8. The van der Waals surface area contributed by atoms with Gasteiger partial charge in [-0.05, 0) is 42.3 Å². The average Bonchev–Trinajstić information content (AvgIpc) is 3.29. The Balaban J connectivity index is 1.62. The Morgan fingerprint density at radius 1 is 1.20 bits per heavy atom. The molecule has 0 spiro atoms. The van der Waals surface area contributed by atoms with Crippen molar-refractivity contribution in [2.45, 2.75) is 31.7 Å². The van der Waals surface area contributed by atoms with E-state index in [9.17, 15) is 19.2 Å². The van der Waals surface area contributed by atoms with Gasteiger partial charge in [0, 0.05) is 12.1 Å². The molecule has 12 heteroatoms. The van der Waals surface area contributed by atoms with Gasteiger partial charge in [0.05, 0.1) is 10.3 Å². The van der Waals surface area contributed by atoms with E-state index < -0.39 is 23.9 Å². The third-order valence-corrected chi connectivity index (χ3v) is 5.36. The first-order valence-electron chi connectivity index (χ1n) is 8.93. The van der Waals surface area contributed by atoms with Gasteiger partial charge >= 0.3 is 11.9 Å². The number of nitrogens with one attached hydrogen (secondary N) is 3. The van der Waals surface area contributed by atoms with Crippen molar-refractivity contribution in [2.24, 2.45) is 0 Å². The molecule has 158 valence electrons. The molecule has 0 bridgehead atoms. The van der Waals surface area contributed by atoms with Gasteiger partial charge in [-0.1, -0.05) is 0 Å². The van der Waals surface area contributed by atoms with Gasteiger partial charge in [0.25, 0.3) is 11.5 Å². The Morgan fingerprint density at radius 3 is 2.67 bits per heavy atom. The maximum absolute atomic E-state index is 12.3. The minimum absolute atomic E-state index is 0.0254. The number of nitrogen functional groups attached to an aromatic ring is 1. The summed E-state index contributed by atoms with van der Waals surface area (Å²) in [4.78, 5) is 55.9. The third-order valence-electron chi connectivity index (χ3n) is 4.38. The fourth-order valence-electron chi connectivity index (χ4n) is 2.89. The van der Waals surface area contributed by atoms with E-state index in [1.807, 2.05) is 0 Å².